The molecule has 0 saturated carbocycles. The zero-order valence-electron chi connectivity index (χ0n) is 51.7. The van der Waals surface area contributed by atoms with Crippen molar-refractivity contribution in [1.82, 2.24) is 0 Å². The lowest BCUT2D eigenvalue weighted by atomic mass is 9.94. The molecule has 0 bridgehead atoms. The fourth-order valence-corrected chi connectivity index (χ4v) is 12.1. The number of carbonyl (C=O) groups is 10. The number of hydrogen-bond donors (Lipinski definition) is 0. The summed E-state index contributed by atoms with van der Waals surface area (Å²) in [6.07, 6.45) is 21.5. The normalized spacial score (nSPS) is 32.0. The maximum absolute atomic E-state index is 12.0. The minimum atomic E-state index is -0.775. The summed E-state index contributed by atoms with van der Waals surface area (Å²) in [6.45, 7) is 8.65. The Morgan fingerprint density at radius 1 is 0.389 bits per heavy atom. The molecule has 13 atom stereocenters. The summed E-state index contributed by atoms with van der Waals surface area (Å²) in [7, 11) is 0. The molecule has 25 nitrogen and oxygen atoms in total. The molecule has 95 heavy (non-hydrogen) atoms. The van der Waals surface area contributed by atoms with Gasteiger partial charge in [0.1, 0.15) is 24.4 Å². The minimum Gasteiger partial charge on any atom is -0.462 e. The molecule has 16 rings (SSSR count). The van der Waals surface area contributed by atoms with Crippen LogP contribution in [0.15, 0.2) is 190 Å². The third-order valence-electron chi connectivity index (χ3n) is 17.2. The third kappa shape index (κ3) is 13.9. The predicted octanol–water partition coefficient (Wildman–Crippen LogP) is 7.27. The number of benzene rings is 2. The monoisotopic (exact) mass is 1300 g/mol. The van der Waals surface area contributed by atoms with Crippen molar-refractivity contribution < 1.29 is 119 Å². The molecule has 0 amide bonds. The van der Waals surface area contributed by atoms with Gasteiger partial charge in [-0.2, -0.15) is 0 Å². The van der Waals surface area contributed by atoms with Gasteiger partial charge in [0.15, 0.2) is 0 Å². The Morgan fingerprint density at radius 2 is 0.821 bits per heavy atom. The first-order chi connectivity index (χ1) is 45.7. The molecule has 0 radical (unpaired) electrons. The van der Waals surface area contributed by atoms with Crippen molar-refractivity contribution in [3.8, 4) is 0 Å². The van der Waals surface area contributed by atoms with Gasteiger partial charge in [-0.3, -0.25) is 0 Å². The summed E-state index contributed by atoms with van der Waals surface area (Å²) in [4.78, 5) is 114. The second-order valence-corrected chi connectivity index (χ2v) is 23.6. The molecule has 10 aliphatic heterocycles. The molecule has 0 spiro atoms. The average molecular weight is 1300 g/mol. The molecule has 2 aromatic rings. The largest absolute Gasteiger partial charge is 0.462 e. The second kappa shape index (κ2) is 27.3. The van der Waals surface area contributed by atoms with Crippen LogP contribution in [0.3, 0.4) is 0 Å². The number of ether oxygens (including phenoxy) is 15. The van der Waals surface area contributed by atoms with E-state index in [9.17, 15) is 47.9 Å². The summed E-state index contributed by atoms with van der Waals surface area (Å²) in [5.41, 5.74) is 9.48. The summed E-state index contributed by atoms with van der Waals surface area (Å²) in [5, 5.41) is 0. The fourth-order valence-electron chi connectivity index (χ4n) is 12.1. The molecule has 13 unspecified atom stereocenters. The van der Waals surface area contributed by atoms with E-state index in [1.165, 1.54) is 42.4 Å². The number of cyclic esters (lactones) is 6. The minimum absolute atomic E-state index is 0.0275. The van der Waals surface area contributed by atoms with Gasteiger partial charge < -0.3 is 71.1 Å². The maximum Gasteiger partial charge on any atom is 0.338 e. The van der Waals surface area contributed by atoms with Gasteiger partial charge in [-0.05, 0) is 75.8 Å². The molecule has 25 heteroatoms. The molecular formula is C70H62O25. The highest BCUT2D eigenvalue weighted by Gasteiger charge is 2.49. The topological polar surface area (TPSA) is 309 Å². The van der Waals surface area contributed by atoms with Crippen LogP contribution in [0, 0.1) is 17.8 Å². The van der Waals surface area contributed by atoms with E-state index in [0.717, 1.165) is 36.8 Å². The first kappa shape index (κ1) is 64.1. The molecule has 2 aromatic carbocycles. The van der Waals surface area contributed by atoms with Crippen LogP contribution >= 0.6 is 0 Å². The highest BCUT2D eigenvalue weighted by Crippen LogP contribution is 2.48. The molecule has 492 valence electrons. The van der Waals surface area contributed by atoms with Gasteiger partial charge in [0, 0.05) is 95.3 Å². The number of carbonyl (C=O) groups excluding carboxylic acids is 10. The molecule has 4 aliphatic carbocycles. The molecule has 0 N–H and O–H groups in total. The van der Waals surface area contributed by atoms with Crippen molar-refractivity contribution in [2.45, 2.75) is 129 Å². The highest BCUT2D eigenvalue weighted by atomic mass is 16.7. The molecule has 10 heterocycles. The van der Waals surface area contributed by atoms with Gasteiger partial charge >= 0.3 is 59.7 Å². The van der Waals surface area contributed by atoms with Crippen molar-refractivity contribution in [3.63, 3.8) is 0 Å². The van der Waals surface area contributed by atoms with E-state index in [2.05, 4.69) is 0 Å². The van der Waals surface area contributed by atoms with Crippen LogP contribution in [0.5, 0.6) is 0 Å². The standard InChI is InChI=1S/2C17H14O5.2C13H12O5.C10H10O5/c1-9-6-14(22-16(9)18)20-8-12-15-11-5-3-2-4-10(11)7-13(15)21-17(12)19;1-9-6-14(21-16(9)18)20-8-13-12-7-10-4-2-3-5-11(10)15(12)22-17(13)19;2*1-7-5-11(18-12(7)14)16-6-9-8-3-2-4-10(8)17-13(9)15;1-6-4-8(15-9(6)11)14-5-7-2-3-13-10(7)12/h2-6,8,13-15H,7H2,1H3;2-6,8,12,14-15H,7H2,1H3;2,4-6,8,10-11H,3H2,1H3;2-3,5-6,8,10-11H,4H2,1H3;4-5,8H,2-3H2,1H3/b12-8+;13-8+;2*9-6+;7-5+. The molecule has 14 aliphatic rings. The van der Waals surface area contributed by atoms with Crippen LogP contribution in [-0.4, -0.2) is 116 Å². The van der Waals surface area contributed by atoms with Gasteiger partial charge in [-0.15, -0.1) is 0 Å². The fraction of sp³-hybridized carbons (Fsp3) is 0.343. The lowest BCUT2D eigenvalue weighted by Crippen LogP contribution is -2.12. The average Bonchev–Trinajstić information content (AvgIpc) is 1.62. The molecule has 5 fully saturated rings. The zero-order chi connectivity index (χ0) is 66.8. The molecule has 5 saturated heterocycles. The van der Waals surface area contributed by atoms with E-state index in [0.29, 0.717) is 68.8 Å². The van der Waals surface area contributed by atoms with Crippen LogP contribution < -0.4 is 0 Å². The molecule has 0 aromatic heterocycles. The van der Waals surface area contributed by atoms with Gasteiger partial charge in [-0.1, -0.05) is 66.8 Å². The summed E-state index contributed by atoms with van der Waals surface area (Å²) in [5.74, 6) is -3.98. The van der Waals surface area contributed by atoms with Crippen molar-refractivity contribution in [1.29, 1.82) is 0 Å². The number of allylic oxidation sites excluding steroid dienone is 1. The smallest absolute Gasteiger partial charge is 0.338 e. The van der Waals surface area contributed by atoms with Gasteiger partial charge in [0.2, 0.25) is 0 Å². The second-order valence-electron chi connectivity index (χ2n) is 23.6. The van der Waals surface area contributed by atoms with E-state index in [1.54, 1.807) is 65.0 Å². The number of rotatable bonds is 10. The first-order valence-electron chi connectivity index (χ1n) is 30.5. The third-order valence-corrected chi connectivity index (χ3v) is 17.2. The Bertz CT molecular complexity index is 3980. The predicted molar refractivity (Wildman–Crippen MR) is 319 cm³/mol. The SMILES string of the molecule is CC1=CC(O/C=C2/C(=O)OC3C=CCC23)OC1=O.CC1=CC(O/C=C2/C(=O)OC3CC=CC23)OC1=O.CC1=CC(O/C=C2/C(=O)OC3Cc4ccccc4C23)OC1=O.CC1=CC(O/C=C2/C(=O)OC3c4ccccc4CC23)OC1=O.CC1=CC(O/C=C2\CCOC2=O)OC1=O. The lowest BCUT2D eigenvalue weighted by molar-refractivity contribution is -0.153. The Morgan fingerprint density at radius 3 is 1.34 bits per heavy atom. The number of fused-ring (bicyclic) bond motifs is 8. The number of hydrogen-bond acceptors (Lipinski definition) is 25. The number of esters is 10. The van der Waals surface area contributed by atoms with Crippen LogP contribution in [0.25, 0.3) is 0 Å². The van der Waals surface area contributed by atoms with E-state index in [4.69, 9.17) is 71.1 Å². The quantitative estimate of drug-likeness (QED) is 0.0742. The van der Waals surface area contributed by atoms with E-state index < -0.39 is 61.3 Å². The summed E-state index contributed by atoms with van der Waals surface area (Å²) >= 11 is 0. The first-order valence-corrected chi connectivity index (χ1v) is 30.5. The van der Waals surface area contributed by atoms with E-state index in [1.807, 2.05) is 72.8 Å². The van der Waals surface area contributed by atoms with Crippen molar-refractivity contribution in [2.24, 2.45) is 17.8 Å². The summed E-state index contributed by atoms with van der Waals surface area (Å²) < 4.78 is 77.1. The summed E-state index contributed by atoms with van der Waals surface area (Å²) in [6, 6.07) is 15.9. The van der Waals surface area contributed by atoms with E-state index in [-0.39, 0.29) is 77.9 Å². The van der Waals surface area contributed by atoms with Crippen molar-refractivity contribution in [2.75, 3.05) is 6.61 Å². The highest BCUT2D eigenvalue weighted by molar-refractivity contribution is 5.96. The zero-order valence-corrected chi connectivity index (χ0v) is 51.7. The van der Waals surface area contributed by atoms with Gasteiger partial charge in [-0.25, -0.2) is 47.9 Å². The van der Waals surface area contributed by atoms with Crippen molar-refractivity contribution in [3.05, 3.63) is 213 Å². The van der Waals surface area contributed by atoms with Crippen LogP contribution in [0.1, 0.15) is 88.2 Å². The Kier molecular flexibility index (Phi) is 18.4. The van der Waals surface area contributed by atoms with Gasteiger partial charge in [0.25, 0.3) is 31.5 Å². The Labute approximate surface area is 542 Å². The Balaban J connectivity index is 0.000000115. The van der Waals surface area contributed by atoms with Crippen LogP contribution in [0.4, 0.5) is 0 Å². The lowest BCUT2D eigenvalue weighted by Gasteiger charge is -2.11. The van der Waals surface area contributed by atoms with E-state index >= 15 is 0 Å². The van der Waals surface area contributed by atoms with Crippen LogP contribution in [-0.2, 0) is 132 Å². The van der Waals surface area contributed by atoms with Crippen molar-refractivity contribution >= 4 is 59.7 Å². The maximum atomic E-state index is 12.0. The molecular weight excluding hydrogens is 1240 g/mol. The van der Waals surface area contributed by atoms with Gasteiger partial charge in [0.05, 0.1) is 71.7 Å². The van der Waals surface area contributed by atoms with Crippen LogP contribution in [0.2, 0.25) is 0 Å². The Hall–Kier alpha value is -11.0.